The maximum Gasteiger partial charge on any atom is 0.160 e. The first kappa shape index (κ1) is 28.6. The SMILES string of the molecule is Cc1ccc(-c2nc(-c3ccc(-c4ccc5c(c4)C4(c6ccccc6Oc6ccccc64)c4ccccc4-5)cc3)nc3ccccc23)c(C)n1. The summed E-state index contributed by atoms with van der Waals surface area (Å²) in [7, 11) is 0. The van der Waals surface area contributed by atoms with Crippen molar-refractivity contribution in [2.75, 3.05) is 0 Å². The van der Waals surface area contributed by atoms with E-state index in [1.807, 2.05) is 32.0 Å². The number of hydrogen-bond acceptors (Lipinski definition) is 4. The van der Waals surface area contributed by atoms with E-state index in [0.29, 0.717) is 5.82 Å². The first-order chi connectivity index (χ1) is 24.6. The number of ether oxygens (including phenoxy) is 1. The van der Waals surface area contributed by atoms with Gasteiger partial charge in [-0.1, -0.05) is 115 Å². The summed E-state index contributed by atoms with van der Waals surface area (Å²) < 4.78 is 6.52. The van der Waals surface area contributed by atoms with Gasteiger partial charge in [0.05, 0.1) is 16.6 Å². The van der Waals surface area contributed by atoms with Gasteiger partial charge in [0, 0.05) is 39.0 Å². The molecule has 2 aliphatic rings. The zero-order valence-corrected chi connectivity index (χ0v) is 27.7. The average molecular weight is 642 g/mol. The molecule has 0 atom stereocenters. The molecule has 0 saturated carbocycles. The monoisotopic (exact) mass is 641 g/mol. The molecule has 1 spiro atoms. The third kappa shape index (κ3) is 4.08. The van der Waals surface area contributed by atoms with Crippen LogP contribution in [-0.2, 0) is 5.41 Å². The maximum absolute atomic E-state index is 6.52. The van der Waals surface area contributed by atoms with Crippen LogP contribution in [0.4, 0.5) is 0 Å². The number of nitrogens with zero attached hydrogens (tertiary/aromatic N) is 3. The molecule has 2 aromatic heterocycles. The van der Waals surface area contributed by atoms with E-state index in [1.165, 1.54) is 33.4 Å². The molecule has 50 heavy (non-hydrogen) atoms. The molecule has 0 radical (unpaired) electrons. The van der Waals surface area contributed by atoms with Gasteiger partial charge in [0.25, 0.3) is 0 Å². The lowest BCUT2D eigenvalue weighted by Crippen LogP contribution is -2.32. The van der Waals surface area contributed by atoms with Crippen molar-refractivity contribution in [3.05, 3.63) is 185 Å². The molecule has 0 saturated heterocycles. The van der Waals surface area contributed by atoms with E-state index in [-0.39, 0.29) is 0 Å². The lowest BCUT2D eigenvalue weighted by atomic mass is 9.66. The Morgan fingerprint density at radius 3 is 1.82 bits per heavy atom. The van der Waals surface area contributed by atoms with E-state index in [4.69, 9.17) is 19.7 Å². The van der Waals surface area contributed by atoms with Gasteiger partial charge in [-0.15, -0.1) is 0 Å². The van der Waals surface area contributed by atoms with Crippen molar-refractivity contribution in [2.24, 2.45) is 0 Å². The number of para-hydroxylation sites is 3. The minimum Gasteiger partial charge on any atom is -0.457 e. The predicted octanol–water partition coefficient (Wildman–Crippen LogP) is 11.1. The normalized spacial score (nSPS) is 13.3. The summed E-state index contributed by atoms with van der Waals surface area (Å²) >= 11 is 0. The number of hydrogen-bond donors (Lipinski definition) is 0. The summed E-state index contributed by atoms with van der Waals surface area (Å²) in [5.74, 6) is 2.49. The first-order valence-electron chi connectivity index (χ1n) is 17.0. The van der Waals surface area contributed by atoms with Crippen LogP contribution >= 0.6 is 0 Å². The van der Waals surface area contributed by atoms with Gasteiger partial charge in [-0.3, -0.25) is 4.98 Å². The number of fused-ring (bicyclic) bond motifs is 10. The second-order valence-corrected chi connectivity index (χ2v) is 13.2. The van der Waals surface area contributed by atoms with Crippen LogP contribution in [0.15, 0.2) is 152 Å². The molecule has 236 valence electrons. The van der Waals surface area contributed by atoms with Crippen molar-refractivity contribution in [1.82, 2.24) is 15.0 Å². The van der Waals surface area contributed by atoms with Gasteiger partial charge in [-0.2, -0.15) is 0 Å². The van der Waals surface area contributed by atoms with Crippen molar-refractivity contribution in [3.63, 3.8) is 0 Å². The number of benzene rings is 6. The second kappa shape index (κ2) is 10.8. The van der Waals surface area contributed by atoms with Gasteiger partial charge < -0.3 is 4.74 Å². The summed E-state index contributed by atoms with van der Waals surface area (Å²) in [5, 5.41) is 1.02. The minimum atomic E-state index is -0.494. The molecule has 1 aliphatic heterocycles. The number of pyridine rings is 1. The Morgan fingerprint density at radius 2 is 1.06 bits per heavy atom. The highest BCUT2D eigenvalue weighted by Gasteiger charge is 2.51. The van der Waals surface area contributed by atoms with Gasteiger partial charge in [-0.25, -0.2) is 9.97 Å². The van der Waals surface area contributed by atoms with Crippen LogP contribution in [0.25, 0.3) is 55.8 Å². The number of rotatable bonds is 3. The fraction of sp³-hybridized carbons (Fsp3) is 0.0652. The summed E-state index contributed by atoms with van der Waals surface area (Å²) in [6.07, 6.45) is 0. The molecule has 0 unspecified atom stereocenters. The van der Waals surface area contributed by atoms with Crippen LogP contribution in [0.5, 0.6) is 11.5 Å². The zero-order chi connectivity index (χ0) is 33.4. The number of aromatic nitrogens is 3. The molecule has 4 heteroatoms. The molecule has 3 heterocycles. The second-order valence-electron chi connectivity index (χ2n) is 13.2. The van der Waals surface area contributed by atoms with E-state index >= 15 is 0 Å². The van der Waals surface area contributed by atoms with Crippen LogP contribution in [0.2, 0.25) is 0 Å². The molecule has 6 aromatic carbocycles. The minimum absolute atomic E-state index is 0.494. The molecule has 4 nitrogen and oxygen atoms in total. The van der Waals surface area contributed by atoms with Gasteiger partial charge in [0.1, 0.15) is 11.5 Å². The molecule has 0 N–H and O–H groups in total. The highest BCUT2D eigenvalue weighted by Crippen LogP contribution is 2.62. The Hall–Kier alpha value is -6.39. The molecular weight excluding hydrogens is 611 g/mol. The van der Waals surface area contributed by atoms with E-state index in [0.717, 1.165) is 61.7 Å². The summed E-state index contributed by atoms with van der Waals surface area (Å²) in [4.78, 5) is 14.9. The Kier molecular flexibility index (Phi) is 6.19. The Labute approximate surface area is 290 Å². The smallest absolute Gasteiger partial charge is 0.160 e. The third-order valence-corrected chi connectivity index (χ3v) is 10.4. The fourth-order valence-electron chi connectivity index (χ4n) is 8.19. The van der Waals surface area contributed by atoms with Crippen LogP contribution in [-0.4, -0.2) is 15.0 Å². The first-order valence-corrected chi connectivity index (χ1v) is 17.0. The van der Waals surface area contributed by atoms with E-state index < -0.39 is 5.41 Å². The Morgan fingerprint density at radius 1 is 0.460 bits per heavy atom. The zero-order valence-electron chi connectivity index (χ0n) is 27.7. The Bertz CT molecular complexity index is 2610. The summed E-state index contributed by atoms with van der Waals surface area (Å²) in [6.45, 7) is 4.06. The molecule has 0 fully saturated rings. The van der Waals surface area contributed by atoms with Gasteiger partial charge in [0.15, 0.2) is 5.82 Å². The lowest BCUT2D eigenvalue weighted by Gasteiger charge is -2.39. The molecule has 8 aromatic rings. The summed E-state index contributed by atoms with van der Waals surface area (Å²) in [5.41, 5.74) is 15.0. The molecule has 1 aliphatic carbocycles. The quantitative estimate of drug-likeness (QED) is 0.193. The topological polar surface area (TPSA) is 47.9 Å². The van der Waals surface area contributed by atoms with Crippen molar-refractivity contribution >= 4 is 10.9 Å². The highest BCUT2D eigenvalue weighted by atomic mass is 16.5. The van der Waals surface area contributed by atoms with Gasteiger partial charge in [0.2, 0.25) is 0 Å². The molecular formula is C46H31N3O. The third-order valence-electron chi connectivity index (χ3n) is 10.4. The van der Waals surface area contributed by atoms with E-state index in [9.17, 15) is 0 Å². The van der Waals surface area contributed by atoms with Crippen LogP contribution in [0, 0.1) is 13.8 Å². The Balaban J connectivity index is 1.12. The average Bonchev–Trinajstić information content (AvgIpc) is 3.45. The van der Waals surface area contributed by atoms with Gasteiger partial charge >= 0.3 is 0 Å². The van der Waals surface area contributed by atoms with Gasteiger partial charge in [-0.05, 0) is 83.6 Å². The van der Waals surface area contributed by atoms with E-state index in [2.05, 4.69) is 133 Å². The van der Waals surface area contributed by atoms with Crippen molar-refractivity contribution in [3.8, 4) is 56.4 Å². The van der Waals surface area contributed by atoms with Crippen molar-refractivity contribution < 1.29 is 4.74 Å². The lowest BCUT2D eigenvalue weighted by molar-refractivity contribution is 0.436. The fourth-order valence-corrected chi connectivity index (χ4v) is 8.19. The van der Waals surface area contributed by atoms with Crippen molar-refractivity contribution in [2.45, 2.75) is 19.3 Å². The van der Waals surface area contributed by atoms with Crippen LogP contribution in [0.3, 0.4) is 0 Å². The highest BCUT2D eigenvalue weighted by molar-refractivity contribution is 5.94. The van der Waals surface area contributed by atoms with Crippen molar-refractivity contribution in [1.29, 1.82) is 0 Å². The maximum atomic E-state index is 6.52. The van der Waals surface area contributed by atoms with Crippen LogP contribution in [0.1, 0.15) is 33.6 Å². The van der Waals surface area contributed by atoms with E-state index in [1.54, 1.807) is 0 Å². The largest absolute Gasteiger partial charge is 0.457 e. The standard InChI is InChI=1S/C46H31N3O/c1-28-19-25-33(29(2)47-28)44-36-12-4-8-16-41(36)48-45(49-44)31-22-20-30(21-23-31)32-24-26-35-34-11-3-5-13-37(34)46(40(35)27-32)38-14-6-9-17-42(38)50-43-18-10-7-15-39(43)46/h3-27H,1-2H3. The molecule has 0 bridgehead atoms. The number of aryl methyl sites for hydroxylation is 2. The predicted molar refractivity (Wildman–Crippen MR) is 200 cm³/mol. The molecule has 0 amide bonds. The molecule has 10 rings (SSSR count). The summed E-state index contributed by atoms with van der Waals surface area (Å²) in [6, 6.07) is 53.8. The van der Waals surface area contributed by atoms with Crippen LogP contribution < -0.4 is 4.74 Å².